The summed E-state index contributed by atoms with van der Waals surface area (Å²) in [5.74, 6) is -6.33. The molecule has 3 rings (SSSR count). The number of furan rings is 1. The van der Waals surface area contributed by atoms with Crippen molar-refractivity contribution in [3.8, 4) is 17.4 Å². The lowest BCUT2D eigenvalue weighted by Crippen LogP contribution is -2.17. The summed E-state index contributed by atoms with van der Waals surface area (Å²) in [6.07, 6.45) is -5.76. The molecule has 0 spiro atoms. The summed E-state index contributed by atoms with van der Waals surface area (Å²) in [6, 6.07) is 8.38. The van der Waals surface area contributed by atoms with Gasteiger partial charge in [-0.05, 0) is 25.1 Å². The molecule has 1 aromatic carbocycles. The highest BCUT2D eigenvalue weighted by Crippen LogP contribution is 2.37. The van der Waals surface area contributed by atoms with Gasteiger partial charge in [-0.2, -0.15) is 22.8 Å². The molecule has 0 radical (unpaired) electrons. The number of amides is 1. The molecule has 156 valence electrons. The average molecular weight is 442 g/mol. The van der Waals surface area contributed by atoms with E-state index in [-0.39, 0.29) is 27.8 Å². The Balaban J connectivity index is 1.91. The molecule has 6 nitrogen and oxygen atoms in total. The molecule has 0 atom stereocenters. The lowest BCUT2D eigenvalue weighted by Gasteiger charge is -2.06. The highest BCUT2D eigenvalue weighted by Gasteiger charge is 2.40. The largest absolute Gasteiger partial charge is 0.451 e. The normalized spacial score (nSPS) is 11.9. The summed E-state index contributed by atoms with van der Waals surface area (Å²) in [6.45, 7) is 0.663. The van der Waals surface area contributed by atoms with Gasteiger partial charge in [0.25, 0.3) is 11.8 Å². The van der Waals surface area contributed by atoms with Crippen molar-refractivity contribution in [2.24, 2.45) is 0 Å². The van der Waals surface area contributed by atoms with Crippen LogP contribution >= 0.6 is 11.5 Å². The van der Waals surface area contributed by atoms with Crippen molar-refractivity contribution in [3.63, 3.8) is 0 Å². The van der Waals surface area contributed by atoms with Crippen molar-refractivity contribution >= 4 is 22.6 Å². The summed E-state index contributed by atoms with van der Waals surface area (Å²) in [4.78, 5) is 16.1. The maximum absolute atomic E-state index is 13.4. The second-order valence-corrected chi connectivity index (χ2v) is 7.01. The third-order valence-corrected chi connectivity index (χ3v) is 4.34. The Bertz CT molecular complexity index is 1120. The fourth-order valence-corrected chi connectivity index (χ4v) is 3.05. The molecule has 1 amide bonds. The molecule has 0 bridgehead atoms. The molecule has 3 aromatic rings. The van der Waals surface area contributed by atoms with E-state index in [1.165, 1.54) is 24.3 Å². The van der Waals surface area contributed by atoms with E-state index in [2.05, 4.69) is 14.7 Å². The topological polar surface area (TPSA) is 91.8 Å². The van der Waals surface area contributed by atoms with Crippen molar-refractivity contribution < 1.29 is 31.2 Å². The summed E-state index contributed by atoms with van der Waals surface area (Å²) >= 11 is 0.560. The number of nitrogens with one attached hydrogen (secondary N) is 1. The molecule has 0 unspecified atom stereocenters. The van der Waals surface area contributed by atoms with Gasteiger partial charge in [-0.25, -0.2) is 13.8 Å². The van der Waals surface area contributed by atoms with Crippen molar-refractivity contribution in [3.05, 3.63) is 53.0 Å². The van der Waals surface area contributed by atoms with Crippen LogP contribution in [-0.2, 0) is 12.6 Å². The number of benzene rings is 1. The summed E-state index contributed by atoms with van der Waals surface area (Å²) in [5, 5.41) is 10.8. The fraction of sp³-hybridized carbons (Fsp3) is 0.222. The maximum Gasteiger partial charge on any atom is 0.450 e. The van der Waals surface area contributed by atoms with Gasteiger partial charge in [-0.15, -0.1) is 0 Å². The number of rotatable bonds is 5. The van der Waals surface area contributed by atoms with E-state index in [1.54, 1.807) is 0 Å². The molecule has 12 heteroatoms. The standard InChI is InChI=1S/C18H11F5N4O2S/c1-17(19,20)7-13-25-16(30-27-13)26-15(28)11-6-12(29-14(11)18(21,22)23)10-4-2-3-9(5-10)8-24/h2-6H,7H2,1H3,(H,25,26,27,28). The van der Waals surface area contributed by atoms with E-state index >= 15 is 0 Å². The molecule has 30 heavy (non-hydrogen) atoms. The van der Waals surface area contributed by atoms with Crippen LogP contribution in [0.1, 0.15) is 34.4 Å². The van der Waals surface area contributed by atoms with Crippen LogP contribution in [0.25, 0.3) is 11.3 Å². The zero-order valence-electron chi connectivity index (χ0n) is 15.1. The van der Waals surface area contributed by atoms with Crippen LogP contribution in [0.5, 0.6) is 0 Å². The first kappa shape index (κ1) is 21.4. The van der Waals surface area contributed by atoms with E-state index in [4.69, 9.17) is 9.68 Å². The molecule has 2 aromatic heterocycles. The Morgan fingerprint density at radius 3 is 2.63 bits per heavy atom. The molecular weight excluding hydrogens is 431 g/mol. The van der Waals surface area contributed by atoms with Crippen molar-refractivity contribution in [2.45, 2.75) is 25.4 Å². The minimum atomic E-state index is -4.98. The Morgan fingerprint density at radius 1 is 1.27 bits per heavy atom. The minimum Gasteiger partial charge on any atom is -0.451 e. The van der Waals surface area contributed by atoms with Crippen molar-refractivity contribution in [2.75, 3.05) is 5.32 Å². The van der Waals surface area contributed by atoms with Gasteiger partial charge < -0.3 is 4.42 Å². The van der Waals surface area contributed by atoms with E-state index < -0.39 is 35.8 Å². The van der Waals surface area contributed by atoms with Gasteiger partial charge in [-0.3, -0.25) is 10.1 Å². The highest BCUT2D eigenvalue weighted by molar-refractivity contribution is 7.09. The molecular formula is C18H11F5N4O2S. The lowest BCUT2D eigenvalue weighted by atomic mass is 10.1. The highest BCUT2D eigenvalue weighted by atomic mass is 32.1. The van der Waals surface area contributed by atoms with Gasteiger partial charge in [0.05, 0.1) is 23.6 Å². The molecule has 2 heterocycles. The van der Waals surface area contributed by atoms with Crippen molar-refractivity contribution in [1.29, 1.82) is 5.26 Å². The van der Waals surface area contributed by atoms with Crippen LogP contribution in [0.2, 0.25) is 0 Å². The molecule has 0 aliphatic heterocycles. The van der Waals surface area contributed by atoms with Crippen LogP contribution in [0.3, 0.4) is 0 Å². The third-order valence-electron chi connectivity index (χ3n) is 3.67. The third kappa shape index (κ3) is 4.98. The van der Waals surface area contributed by atoms with Crippen LogP contribution in [0.15, 0.2) is 34.7 Å². The second kappa shape index (κ2) is 7.83. The van der Waals surface area contributed by atoms with Crippen LogP contribution in [-0.4, -0.2) is 21.2 Å². The van der Waals surface area contributed by atoms with Crippen LogP contribution in [0, 0.1) is 11.3 Å². The van der Waals surface area contributed by atoms with Gasteiger partial charge in [0.2, 0.25) is 10.9 Å². The second-order valence-electron chi connectivity index (χ2n) is 6.26. The van der Waals surface area contributed by atoms with Gasteiger partial charge in [-0.1, -0.05) is 12.1 Å². The number of anilines is 1. The first-order chi connectivity index (χ1) is 14.0. The molecule has 0 saturated carbocycles. The first-order valence-corrected chi connectivity index (χ1v) is 8.97. The number of carbonyl (C=O) groups excluding carboxylic acids is 1. The Hall–Kier alpha value is -3.33. The molecule has 0 aliphatic rings. The molecule has 0 saturated heterocycles. The quantitative estimate of drug-likeness (QED) is 0.553. The lowest BCUT2D eigenvalue weighted by molar-refractivity contribution is -0.153. The number of hydrogen-bond donors (Lipinski definition) is 1. The van der Waals surface area contributed by atoms with E-state index in [1.807, 2.05) is 6.07 Å². The van der Waals surface area contributed by atoms with Gasteiger partial charge >= 0.3 is 6.18 Å². The molecule has 0 fully saturated rings. The Morgan fingerprint density at radius 2 is 2.00 bits per heavy atom. The van der Waals surface area contributed by atoms with Gasteiger partial charge in [0.15, 0.2) is 5.82 Å². The van der Waals surface area contributed by atoms with E-state index in [0.717, 1.165) is 6.07 Å². The minimum absolute atomic E-state index is 0.168. The zero-order valence-corrected chi connectivity index (χ0v) is 15.9. The summed E-state index contributed by atoms with van der Waals surface area (Å²) in [7, 11) is 0. The number of carbonyl (C=O) groups is 1. The Kier molecular flexibility index (Phi) is 5.58. The average Bonchev–Trinajstić information content (AvgIpc) is 3.27. The van der Waals surface area contributed by atoms with Gasteiger partial charge in [0.1, 0.15) is 5.76 Å². The number of aromatic nitrogens is 2. The number of hydrogen-bond acceptors (Lipinski definition) is 6. The SMILES string of the molecule is CC(F)(F)Cc1nsc(NC(=O)c2cc(-c3cccc(C#N)c3)oc2C(F)(F)F)n1. The molecule has 1 N–H and O–H groups in total. The molecule has 0 aliphatic carbocycles. The predicted octanol–water partition coefficient (Wildman–Crippen LogP) is 5.14. The van der Waals surface area contributed by atoms with Crippen LogP contribution in [0.4, 0.5) is 27.1 Å². The fourth-order valence-electron chi connectivity index (χ4n) is 2.47. The predicted molar refractivity (Wildman–Crippen MR) is 96.0 cm³/mol. The van der Waals surface area contributed by atoms with Gasteiger partial charge in [0, 0.05) is 17.1 Å². The number of halogens is 5. The van der Waals surface area contributed by atoms with Crippen LogP contribution < -0.4 is 5.32 Å². The first-order valence-electron chi connectivity index (χ1n) is 8.19. The number of nitriles is 1. The monoisotopic (exact) mass is 442 g/mol. The maximum atomic E-state index is 13.4. The number of nitrogens with zero attached hydrogens (tertiary/aromatic N) is 3. The van der Waals surface area contributed by atoms with E-state index in [9.17, 15) is 26.7 Å². The zero-order chi connectivity index (χ0) is 22.1. The smallest absolute Gasteiger partial charge is 0.450 e. The summed E-state index contributed by atoms with van der Waals surface area (Å²) in [5.41, 5.74) is -0.461. The number of alkyl halides is 5. The Labute approximate surface area is 170 Å². The van der Waals surface area contributed by atoms with Crippen molar-refractivity contribution in [1.82, 2.24) is 9.36 Å². The summed E-state index contributed by atoms with van der Waals surface area (Å²) < 4.78 is 74.7. The van der Waals surface area contributed by atoms with E-state index in [0.29, 0.717) is 18.5 Å².